The number of piperazine rings is 1. The number of fused-ring (bicyclic) bond motifs is 2. The van der Waals surface area contributed by atoms with Gasteiger partial charge in [-0.05, 0) is 67.9 Å². The number of halogens is 1. The number of aromatic hydroxyl groups is 1. The molecule has 2 aromatic carbocycles. The van der Waals surface area contributed by atoms with Crippen LogP contribution in [0.15, 0.2) is 60.9 Å². The standard InChI is InChI=1S/C28H29ClN6O3/c29-24-12-20(4-7-25(24)36)32-28(38)19-8-11-33(14-19)17-26(37)35-16-22-13-23(35)15-34(22)21-5-2-18(3-6-21)27-30-9-1-10-31-27/h1-7,9-10,12,19,22-23,36H,8,11,13-17H2,(H,32,38)/t19-,22?,23+/m1/s1. The van der Waals surface area contributed by atoms with Crippen molar-refractivity contribution in [2.24, 2.45) is 5.92 Å². The number of nitrogens with zero attached hydrogens (tertiary/aromatic N) is 5. The molecule has 0 spiro atoms. The van der Waals surface area contributed by atoms with E-state index in [1.54, 1.807) is 24.5 Å². The number of hydrogen-bond acceptors (Lipinski definition) is 7. The summed E-state index contributed by atoms with van der Waals surface area (Å²) in [7, 11) is 0. The minimum atomic E-state index is -0.190. The van der Waals surface area contributed by atoms with Crippen LogP contribution in [0, 0.1) is 5.92 Å². The molecule has 2 N–H and O–H groups in total. The summed E-state index contributed by atoms with van der Waals surface area (Å²) in [6, 6.07) is 15.3. The Labute approximate surface area is 226 Å². The molecule has 6 rings (SSSR count). The summed E-state index contributed by atoms with van der Waals surface area (Å²) in [6.45, 7) is 3.16. The second-order valence-corrected chi connectivity index (χ2v) is 10.6. The van der Waals surface area contributed by atoms with Gasteiger partial charge < -0.3 is 20.2 Å². The Balaban J connectivity index is 1.00. The van der Waals surface area contributed by atoms with Crippen molar-refractivity contribution in [2.75, 3.05) is 42.9 Å². The third kappa shape index (κ3) is 4.91. The highest BCUT2D eigenvalue weighted by molar-refractivity contribution is 6.32. The topological polar surface area (TPSA) is 102 Å². The summed E-state index contributed by atoms with van der Waals surface area (Å²) >= 11 is 5.94. The van der Waals surface area contributed by atoms with Crippen LogP contribution in [0.5, 0.6) is 5.75 Å². The van der Waals surface area contributed by atoms with Gasteiger partial charge in [0.15, 0.2) is 5.82 Å². The van der Waals surface area contributed by atoms with E-state index in [9.17, 15) is 14.7 Å². The van der Waals surface area contributed by atoms with Crippen molar-refractivity contribution < 1.29 is 14.7 Å². The highest BCUT2D eigenvalue weighted by atomic mass is 35.5. The fraction of sp³-hybridized carbons (Fsp3) is 0.357. The van der Waals surface area contributed by atoms with Crippen molar-refractivity contribution in [3.05, 3.63) is 65.9 Å². The maximum Gasteiger partial charge on any atom is 0.237 e. The summed E-state index contributed by atoms with van der Waals surface area (Å²) in [4.78, 5) is 41.0. The lowest BCUT2D eigenvalue weighted by atomic mass is 10.1. The molecule has 2 bridgehead atoms. The van der Waals surface area contributed by atoms with Crippen LogP contribution in [0.1, 0.15) is 12.8 Å². The molecular formula is C28H29ClN6O3. The van der Waals surface area contributed by atoms with Crippen molar-refractivity contribution in [3.63, 3.8) is 0 Å². The van der Waals surface area contributed by atoms with Crippen molar-refractivity contribution in [1.29, 1.82) is 0 Å². The number of phenolic OH excluding ortho intramolecular Hbond substituents is 1. The summed E-state index contributed by atoms with van der Waals surface area (Å²) in [5.41, 5.74) is 2.69. The molecule has 196 valence electrons. The summed E-state index contributed by atoms with van der Waals surface area (Å²) < 4.78 is 0. The molecule has 38 heavy (non-hydrogen) atoms. The van der Waals surface area contributed by atoms with Gasteiger partial charge in [0.25, 0.3) is 0 Å². The van der Waals surface area contributed by atoms with E-state index in [0.717, 1.165) is 30.8 Å². The van der Waals surface area contributed by atoms with E-state index in [1.807, 2.05) is 4.90 Å². The number of benzene rings is 2. The maximum absolute atomic E-state index is 13.2. The Morgan fingerprint density at radius 1 is 1.03 bits per heavy atom. The maximum atomic E-state index is 13.2. The summed E-state index contributed by atoms with van der Waals surface area (Å²) in [6.07, 6.45) is 5.17. The Bertz CT molecular complexity index is 1340. The van der Waals surface area contributed by atoms with Crippen LogP contribution >= 0.6 is 11.6 Å². The number of nitrogens with one attached hydrogen (secondary N) is 1. The van der Waals surface area contributed by atoms with Crippen LogP contribution in [0.25, 0.3) is 11.4 Å². The average Bonchev–Trinajstić information content (AvgIpc) is 3.68. The number of rotatable bonds is 6. The SMILES string of the molecule is O=C(Nc1ccc(O)c(Cl)c1)[C@@H]1CCN(CC(=O)N2CC3C[C@H]2CN3c2ccc(-c3ncccn3)cc2)C1. The fourth-order valence-corrected chi connectivity index (χ4v) is 6.02. The first-order chi connectivity index (χ1) is 18.4. The summed E-state index contributed by atoms with van der Waals surface area (Å²) in [5.74, 6) is 0.544. The quantitative estimate of drug-likeness (QED) is 0.470. The molecule has 3 saturated heterocycles. The van der Waals surface area contributed by atoms with Crippen molar-refractivity contribution in [1.82, 2.24) is 19.8 Å². The first kappa shape index (κ1) is 24.6. The molecule has 0 aliphatic carbocycles. The summed E-state index contributed by atoms with van der Waals surface area (Å²) in [5, 5.41) is 12.6. The van der Waals surface area contributed by atoms with Crippen LogP contribution in [-0.2, 0) is 9.59 Å². The Kier molecular flexibility index (Phi) is 6.63. The zero-order chi connectivity index (χ0) is 26.2. The predicted octanol–water partition coefficient (Wildman–Crippen LogP) is 3.25. The van der Waals surface area contributed by atoms with E-state index < -0.39 is 0 Å². The molecule has 3 atom stereocenters. The third-order valence-corrected chi connectivity index (χ3v) is 8.10. The van der Waals surface area contributed by atoms with Crippen molar-refractivity contribution >= 4 is 34.8 Å². The van der Waals surface area contributed by atoms with Gasteiger partial charge in [0.2, 0.25) is 11.8 Å². The highest BCUT2D eigenvalue weighted by Crippen LogP contribution is 2.35. The zero-order valence-electron chi connectivity index (χ0n) is 20.8. The van der Waals surface area contributed by atoms with Crippen LogP contribution in [-0.4, -0.2) is 81.5 Å². The van der Waals surface area contributed by atoms with E-state index in [-0.39, 0.29) is 34.5 Å². The Morgan fingerprint density at radius 3 is 2.53 bits per heavy atom. The molecule has 1 unspecified atom stereocenters. The van der Waals surface area contributed by atoms with Gasteiger partial charge in [0.1, 0.15) is 5.75 Å². The first-order valence-corrected chi connectivity index (χ1v) is 13.3. The van der Waals surface area contributed by atoms with Gasteiger partial charge in [-0.2, -0.15) is 0 Å². The minimum Gasteiger partial charge on any atom is -0.506 e. The van der Waals surface area contributed by atoms with Crippen molar-refractivity contribution in [3.8, 4) is 17.1 Å². The third-order valence-electron chi connectivity index (χ3n) is 7.80. The average molecular weight is 533 g/mol. The molecular weight excluding hydrogens is 504 g/mol. The predicted molar refractivity (Wildman–Crippen MR) is 145 cm³/mol. The lowest BCUT2D eigenvalue weighted by Crippen LogP contribution is -2.51. The number of amides is 2. The molecule has 0 radical (unpaired) electrons. The van der Waals surface area contributed by atoms with E-state index in [0.29, 0.717) is 43.6 Å². The molecule has 4 heterocycles. The Hall–Kier alpha value is -3.69. The molecule has 1 aromatic heterocycles. The number of hydrogen-bond donors (Lipinski definition) is 2. The Morgan fingerprint density at radius 2 is 1.82 bits per heavy atom. The number of likely N-dealkylation sites (tertiary alicyclic amines) is 2. The number of anilines is 2. The van der Waals surface area contributed by atoms with Gasteiger partial charge in [0, 0.05) is 55.0 Å². The number of aromatic nitrogens is 2. The molecule has 3 aliphatic rings. The molecule has 10 heteroatoms. The second-order valence-electron chi connectivity index (χ2n) is 10.2. The lowest BCUT2D eigenvalue weighted by molar-refractivity contribution is -0.133. The molecule has 9 nitrogen and oxygen atoms in total. The lowest BCUT2D eigenvalue weighted by Gasteiger charge is -2.36. The first-order valence-electron chi connectivity index (χ1n) is 12.9. The highest BCUT2D eigenvalue weighted by Gasteiger charge is 2.45. The molecule has 2 amide bonds. The van der Waals surface area contributed by atoms with Crippen LogP contribution in [0.4, 0.5) is 11.4 Å². The molecule has 3 fully saturated rings. The number of phenols is 1. The van der Waals surface area contributed by atoms with E-state index >= 15 is 0 Å². The van der Waals surface area contributed by atoms with Crippen LogP contribution < -0.4 is 10.2 Å². The van der Waals surface area contributed by atoms with Gasteiger partial charge in [0.05, 0.1) is 23.5 Å². The van der Waals surface area contributed by atoms with Crippen LogP contribution in [0.3, 0.4) is 0 Å². The normalized spacial score (nSPS) is 22.7. The van der Waals surface area contributed by atoms with Gasteiger partial charge in [-0.25, -0.2) is 9.97 Å². The van der Waals surface area contributed by atoms with Gasteiger partial charge >= 0.3 is 0 Å². The van der Waals surface area contributed by atoms with Crippen LogP contribution in [0.2, 0.25) is 5.02 Å². The van der Waals surface area contributed by atoms with Gasteiger partial charge in [-0.1, -0.05) is 11.6 Å². The van der Waals surface area contributed by atoms with E-state index in [4.69, 9.17) is 11.6 Å². The number of carbonyl (C=O) groups is 2. The monoisotopic (exact) mass is 532 g/mol. The molecule has 3 aromatic rings. The van der Waals surface area contributed by atoms with Crippen molar-refractivity contribution in [2.45, 2.75) is 24.9 Å². The largest absolute Gasteiger partial charge is 0.506 e. The fourth-order valence-electron chi connectivity index (χ4n) is 5.84. The van der Waals surface area contributed by atoms with E-state index in [1.165, 1.54) is 12.1 Å². The molecule has 0 saturated carbocycles. The van der Waals surface area contributed by atoms with E-state index in [2.05, 4.69) is 49.4 Å². The molecule has 3 aliphatic heterocycles. The number of carbonyl (C=O) groups excluding carboxylic acids is 2. The second kappa shape index (κ2) is 10.2. The zero-order valence-corrected chi connectivity index (χ0v) is 21.6. The van der Waals surface area contributed by atoms with Gasteiger partial charge in [-0.3, -0.25) is 14.5 Å². The minimum absolute atomic E-state index is 0.0231. The smallest absolute Gasteiger partial charge is 0.237 e. The van der Waals surface area contributed by atoms with Gasteiger partial charge in [-0.15, -0.1) is 0 Å².